The van der Waals surface area contributed by atoms with Crippen molar-refractivity contribution in [3.63, 3.8) is 0 Å². The predicted octanol–water partition coefficient (Wildman–Crippen LogP) is 2.57. The lowest BCUT2D eigenvalue weighted by molar-refractivity contribution is 0.251. The van der Waals surface area contributed by atoms with Crippen molar-refractivity contribution in [1.82, 2.24) is 9.62 Å². The summed E-state index contributed by atoms with van der Waals surface area (Å²) in [5.41, 5.74) is 1.81. The number of likely N-dealkylation sites (tertiary alicyclic amines) is 1. The van der Waals surface area contributed by atoms with Crippen LogP contribution in [0, 0.1) is 0 Å². The van der Waals surface area contributed by atoms with Gasteiger partial charge in [0.2, 0.25) is 0 Å². The molecule has 7 heteroatoms. The van der Waals surface area contributed by atoms with Crippen LogP contribution in [0.3, 0.4) is 0 Å². The zero-order valence-electron chi connectivity index (χ0n) is 15.3. The van der Waals surface area contributed by atoms with Crippen molar-refractivity contribution in [3.8, 4) is 5.75 Å². The van der Waals surface area contributed by atoms with E-state index in [1.165, 1.54) is 12.8 Å². The van der Waals surface area contributed by atoms with Gasteiger partial charge in [-0.2, -0.15) is 0 Å². The molecule has 1 fully saturated rings. The zero-order valence-corrected chi connectivity index (χ0v) is 16.1. The van der Waals surface area contributed by atoms with Crippen LogP contribution in [0.5, 0.6) is 5.75 Å². The van der Waals surface area contributed by atoms with Crippen LogP contribution in [0.4, 0.5) is 0 Å². The van der Waals surface area contributed by atoms with Crippen molar-refractivity contribution in [3.05, 3.63) is 59.7 Å². The molecule has 6 nitrogen and oxygen atoms in total. The summed E-state index contributed by atoms with van der Waals surface area (Å²) in [5, 5.41) is 0. The van der Waals surface area contributed by atoms with Gasteiger partial charge in [0, 0.05) is 5.56 Å². The largest absolute Gasteiger partial charge is 0.497 e. The van der Waals surface area contributed by atoms with Gasteiger partial charge in [0.25, 0.3) is 10.0 Å². The molecule has 0 unspecified atom stereocenters. The van der Waals surface area contributed by atoms with E-state index < -0.39 is 10.0 Å². The molecule has 2 heterocycles. The molecular weight excluding hydrogens is 362 g/mol. The Morgan fingerprint density at radius 2 is 1.81 bits per heavy atom. The molecule has 0 radical (unpaired) electrons. The molecule has 2 aliphatic rings. The van der Waals surface area contributed by atoms with E-state index in [9.17, 15) is 8.42 Å². The van der Waals surface area contributed by atoms with Gasteiger partial charge in [0.05, 0.1) is 24.6 Å². The number of hydrogen-bond acceptors (Lipinski definition) is 5. The molecule has 4 rings (SSSR count). The van der Waals surface area contributed by atoms with Crippen molar-refractivity contribution in [2.24, 2.45) is 4.99 Å². The second kappa shape index (κ2) is 7.32. The quantitative estimate of drug-likeness (QED) is 0.859. The molecule has 1 N–H and O–H groups in total. The smallest absolute Gasteiger partial charge is 0.263 e. The van der Waals surface area contributed by atoms with Gasteiger partial charge in [-0.3, -0.25) is 14.6 Å². The van der Waals surface area contributed by atoms with Crippen LogP contribution in [0.2, 0.25) is 0 Å². The molecule has 27 heavy (non-hydrogen) atoms. The van der Waals surface area contributed by atoms with Crippen LogP contribution in [0.15, 0.2) is 58.4 Å². The van der Waals surface area contributed by atoms with E-state index in [1.54, 1.807) is 25.3 Å². The first kappa shape index (κ1) is 18.0. The number of methoxy groups -OCH3 is 1. The molecule has 0 spiro atoms. The molecule has 0 bridgehead atoms. The number of amidine groups is 1. The normalized spacial score (nSPS) is 21.0. The summed E-state index contributed by atoms with van der Waals surface area (Å²) in [6.45, 7) is 2.56. The molecule has 0 amide bonds. The third kappa shape index (κ3) is 3.57. The minimum Gasteiger partial charge on any atom is -0.497 e. The van der Waals surface area contributed by atoms with Crippen molar-refractivity contribution < 1.29 is 13.2 Å². The second-order valence-electron chi connectivity index (χ2n) is 6.82. The van der Waals surface area contributed by atoms with E-state index in [4.69, 9.17) is 4.74 Å². The maximum atomic E-state index is 12.3. The second-order valence-corrected chi connectivity index (χ2v) is 8.47. The number of ether oxygens (including phenoxy) is 1. The van der Waals surface area contributed by atoms with Gasteiger partial charge < -0.3 is 4.74 Å². The number of nitrogens with one attached hydrogen (secondary N) is 1. The van der Waals surface area contributed by atoms with Crippen molar-refractivity contribution >= 4 is 15.9 Å². The topological polar surface area (TPSA) is 71.0 Å². The van der Waals surface area contributed by atoms with E-state index in [0.29, 0.717) is 22.8 Å². The van der Waals surface area contributed by atoms with Crippen molar-refractivity contribution in [2.45, 2.75) is 23.8 Å². The van der Waals surface area contributed by atoms with E-state index >= 15 is 0 Å². The zero-order chi connectivity index (χ0) is 18.9. The number of nitrogens with zero attached hydrogens (tertiary/aromatic N) is 2. The van der Waals surface area contributed by atoms with Gasteiger partial charge in [-0.05, 0) is 55.8 Å². The number of rotatable bonds is 5. The molecule has 2 aliphatic heterocycles. The number of fused-ring (bicyclic) bond motifs is 1. The lowest BCUT2D eigenvalue weighted by Crippen LogP contribution is -2.29. The summed E-state index contributed by atoms with van der Waals surface area (Å²) in [5.74, 6) is 1.26. The Hall–Kier alpha value is -2.38. The first-order valence-corrected chi connectivity index (χ1v) is 10.6. The van der Waals surface area contributed by atoms with Crippen LogP contribution < -0.4 is 9.46 Å². The summed E-state index contributed by atoms with van der Waals surface area (Å²) < 4.78 is 32.4. The molecule has 2 aromatic rings. The Labute approximate surface area is 159 Å². The summed E-state index contributed by atoms with van der Waals surface area (Å²) in [4.78, 5) is 7.39. The van der Waals surface area contributed by atoms with Gasteiger partial charge in [-0.1, -0.05) is 24.3 Å². The maximum Gasteiger partial charge on any atom is 0.263 e. The first-order valence-electron chi connectivity index (χ1n) is 9.13. The monoisotopic (exact) mass is 385 g/mol. The van der Waals surface area contributed by atoms with E-state index in [1.807, 2.05) is 18.2 Å². The average Bonchev–Trinajstić information content (AvgIpc) is 3.30. The Bertz CT molecular complexity index is 949. The highest BCUT2D eigenvalue weighted by atomic mass is 32.2. The lowest BCUT2D eigenvalue weighted by atomic mass is 10.1. The number of sulfonamides is 1. The van der Waals surface area contributed by atoms with E-state index in [2.05, 4.69) is 26.7 Å². The average molecular weight is 385 g/mol. The van der Waals surface area contributed by atoms with Crippen molar-refractivity contribution in [1.29, 1.82) is 0 Å². The molecule has 0 aliphatic carbocycles. The van der Waals surface area contributed by atoms with Crippen molar-refractivity contribution in [2.75, 3.05) is 26.7 Å². The minimum absolute atomic E-state index is 0.114. The third-order valence-electron chi connectivity index (χ3n) is 5.17. The van der Waals surface area contributed by atoms with E-state index in [-0.39, 0.29) is 6.04 Å². The molecular formula is C20H23N3O3S. The lowest BCUT2D eigenvalue weighted by Gasteiger charge is -2.26. The van der Waals surface area contributed by atoms with Crippen LogP contribution in [0.25, 0.3) is 0 Å². The van der Waals surface area contributed by atoms with Gasteiger partial charge in [-0.15, -0.1) is 0 Å². The highest BCUT2D eigenvalue weighted by Gasteiger charge is 2.31. The molecule has 0 saturated carbocycles. The Morgan fingerprint density at radius 1 is 1.11 bits per heavy atom. The van der Waals surface area contributed by atoms with E-state index in [0.717, 1.165) is 24.4 Å². The molecule has 1 saturated heterocycles. The SMILES string of the molecule is COc1ccc([C@H](CN=C2NS(=O)(=O)c3ccccc32)N2CCCC2)cc1. The standard InChI is InChI=1S/C20H23N3O3S/c1-26-16-10-8-15(9-11-16)18(23-12-4-5-13-23)14-21-20-17-6-2-3-7-19(17)27(24,25)22-20/h2-3,6-11,18H,4-5,12-14H2,1H3,(H,21,22)/t18-/m0/s1. The fourth-order valence-corrected chi connectivity index (χ4v) is 4.99. The highest BCUT2D eigenvalue weighted by molar-refractivity contribution is 7.90. The van der Waals surface area contributed by atoms with Gasteiger partial charge in [-0.25, -0.2) is 8.42 Å². The molecule has 0 aromatic heterocycles. The van der Waals surface area contributed by atoms with Gasteiger partial charge in [0.15, 0.2) is 0 Å². The fraction of sp³-hybridized carbons (Fsp3) is 0.350. The summed E-state index contributed by atoms with van der Waals surface area (Å²) >= 11 is 0. The Kier molecular flexibility index (Phi) is 4.88. The number of aliphatic imine (C=N–C) groups is 1. The third-order valence-corrected chi connectivity index (χ3v) is 6.56. The molecule has 142 valence electrons. The summed E-state index contributed by atoms with van der Waals surface area (Å²) in [6, 6.07) is 15.1. The first-order chi connectivity index (χ1) is 13.1. The maximum absolute atomic E-state index is 12.3. The summed E-state index contributed by atoms with van der Waals surface area (Å²) in [7, 11) is -1.85. The highest BCUT2D eigenvalue weighted by Crippen LogP contribution is 2.28. The van der Waals surface area contributed by atoms with Crippen LogP contribution in [0.1, 0.15) is 30.0 Å². The molecule has 2 aromatic carbocycles. The van der Waals surface area contributed by atoms with Crippen LogP contribution in [-0.2, 0) is 10.0 Å². The minimum atomic E-state index is -3.51. The number of hydrogen-bond donors (Lipinski definition) is 1. The van der Waals surface area contributed by atoms with Crippen LogP contribution in [-0.4, -0.2) is 45.9 Å². The Balaban J connectivity index is 1.63. The summed E-state index contributed by atoms with van der Waals surface area (Å²) in [6.07, 6.45) is 2.36. The van der Waals surface area contributed by atoms with Gasteiger partial charge in [0.1, 0.15) is 11.6 Å². The predicted molar refractivity (Wildman–Crippen MR) is 105 cm³/mol. The fourth-order valence-electron chi connectivity index (χ4n) is 3.74. The van der Waals surface area contributed by atoms with Gasteiger partial charge >= 0.3 is 0 Å². The molecule has 1 atom stereocenters. The van der Waals surface area contributed by atoms with Crippen LogP contribution >= 0.6 is 0 Å². The number of benzene rings is 2. The Morgan fingerprint density at radius 3 is 2.52 bits per heavy atom.